The van der Waals surface area contributed by atoms with Crippen molar-refractivity contribution in [3.63, 3.8) is 0 Å². The smallest absolute Gasteiger partial charge is 0.0757 e. The van der Waals surface area contributed by atoms with Gasteiger partial charge in [0.2, 0.25) is 0 Å². The Morgan fingerprint density at radius 3 is 3.00 bits per heavy atom. The lowest BCUT2D eigenvalue weighted by molar-refractivity contribution is 1.36. The predicted molar refractivity (Wildman–Crippen MR) is 59.2 cm³/mol. The number of pyridine rings is 1. The average Bonchev–Trinajstić information content (AvgIpc) is 2.15. The van der Waals surface area contributed by atoms with Gasteiger partial charge in [0.1, 0.15) is 0 Å². The maximum Gasteiger partial charge on any atom is 0.0757 e. The molecule has 13 heavy (non-hydrogen) atoms. The van der Waals surface area contributed by atoms with Crippen LogP contribution in [0.15, 0.2) is 28.9 Å². The van der Waals surface area contributed by atoms with Crippen LogP contribution < -0.4 is 0 Å². The molecule has 2 rings (SSSR count). The summed E-state index contributed by atoms with van der Waals surface area (Å²) in [5, 5.41) is 1.85. The Morgan fingerprint density at radius 1 is 1.46 bits per heavy atom. The maximum absolute atomic E-state index is 6.02. The van der Waals surface area contributed by atoms with Gasteiger partial charge < -0.3 is 0 Å². The number of fused-ring (bicyclic) bond motifs is 1. The van der Waals surface area contributed by atoms with Gasteiger partial charge >= 0.3 is 0 Å². The summed E-state index contributed by atoms with van der Waals surface area (Å²) in [7, 11) is 0. The molecule has 2 aromatic rings. The lowest BCUT2D eigenvalue weighted by Gasteiger charge is -2.04. The summed E-state index contributed by atoms with van der Waals surface area (Å²) in [6.07, 6.45) is 1.78. The molecule has 0 amide bonds. The SMILES string of the molecule is Cc1c(Cl)cc(Br)c2cccnc12. The highest BCUT2D eigenvalue weighted by Gasteiger charge is 2.05. The van der Waals surface area contributed by atoms with Crippen LogP contribution in [0, 0.1) is 6.92 Å². The van der Waals surface area contributed by atoms with Gasteiger partial charge in [0.25, 0.3) is 0 Å². The summed E-state index contributed by atoms with van der Waals surface area (Å²) in [6.45, 7) is 1.98. The first-order valence-electron chi connectivity index (χ1n) is 3.89. The van der Waals surface area contributed by atoms with Crippen molar-refractivity contribution in [1.82, 2.24) is 4.98 Å². The van der Waals surface area contributed by atoms with Gasteiger partial charge in [0.15, 0.2) is 0 Å². The summed E-state index contributed by atoms with van der Waals surface area (Å²) in [4.78, 5) is 4.29. The molecule has 1 aromatic carbocycles. The van der Waals surface area contributed by atoms with E-state index in [2.05, 4.69) is 20.9 Å². The number of aryl methyl sites for hydroxylation is 1. The van der Waals surface area contributed by atoms with Crippen molar-refractivity contribution in [3.8, 4) is 0 Å². The highest BCUT2D eigenvalue weighted by atomic mass is 79.9. The molecular formula is C10H7BrClN. The third kappa shape index (κ3) is 1.45. The lowest BCUT2D eigenvalue weighted by atomic mass is 10.1. The summed E-state index contributed by atoms with van der Waals surface area (Å²) >= 11 is 9.48. The minimum atomic E-state index is 0.748. The van der Waals surface area contributed by atoms with Crippen molar-refractivity contribution >= 4 is 38.4 Å². The molecular weight excluding hydrogens is 249 g/mol. The van der Waals surface area contributed by atoms with E-state index in [1.54, 1.807) is 6.20 Å². The fourth-order valence-corrected chi connectivity index (χ4v) is 2.19. The van der Waals surface area contributed by atoms with Crippen LogP contribution in [-0.4, -0.2) is 4.98 Å². The molecule has 3 heteroatoms. The highest BCUT2D eigenvalue weighted by Crippen LogP contribution is 2.30. The number of halogens is 2. The van der Waals surface area contributed by atoms with Crippen LogP contribution in [0.5, 0.6) is 0 Å². The van der Waals surface area contributed by atoms with Crippen LogP contribution in [0.3, 0.4) is 0 Å². The van der Waals surface area contributed by atoms with Gasteiger partial charge in [-0.15, -0.1) is 0 Å². The largest absolute Gasteiger partial charge is 0.256 e. The van der Waals surface area contributed by atoms with E-state index < -0.39 is 0 Å². The third-order valence-corrected chi connectivity index (χ3v) is 3.08. The number of hydrogen-bond acceptors (Lipinski definition) is 1. The minimum Gasteiger partial charge on any atom is -0.256 e. The number of nitrogens with zero attached hydrogens (tertiary/aromatic N) is 1. The average molecular weight is 257 g/mol. The van der Waals surface area contributed by atoms with Crippen molar-refractivity contribution < 1.29 is 0 Å². The molecule has 0 bridgehead atoms. The summed E-state index contributed by atoms with van der Waals surface area (Å²) < 4.78 is 0.992. The molecule has 0 radical (unpaired) electrons. The Bertz CT molecular complexity index is 468. The van der Waals surface area contributed by atoms with Gasteiger partial charge in [0.05, 0.1) is 5.52 Å². The van der Waals surface area contributed by atoms with Crippen molar-refractivity contribution in [2.24, 2.45) is 0 Å². The van der Waals surface area contributed by atoms with Gasteiger partial charge in [-0.25, -0.2) is 0 Å². The molecule has 0 N–H and O–H groups in total. The molecule has 0 aliphatic carbocycles. The molecule has 0 atom stereocenters. The van der Waals surface area contributed by atoms with E-state index in [-0.39, 0.29) is 0 Å². The summed E-state index contributed by atoms with van der Waals surface area (Å²) in [5.74, 6) is 0. The molecule has 1 aromatic heterocycles. The second-order valence-corrected chi connectivity index (χ2v) is 4.13. The van der Waals surface area contributed by atoms with E-state index in [0.717, 1.165) is 26.0 Å². The Hall–Kier alpha value is -0.600. The molecule has 1 nitrogen and oxygen atoms in total. The minimum absolute atomic E-state index is 0.748. The van der Waals surface area contributed by atoms with Crippen molar-refractivity contribution in [3.05, 3.63) is 39.5 Å². The monoisotopic (exact) mass is 255 g/mol. The second-order valence-electron chi connectivity index (χ2n) is 2.86. The van der Waals surface area contributed by atoms with Crippen molar-refractivity contribution in [2.75, 3.05) is 0 Å². The zero-order valence-corrected chi connectivity index (χ0v) is 9.35. The van der Waals surface area contributed by atoms with Gasteiger partial charge in [-0.2, -0.15) is 0 Å². The molecule has 0 spiro atoms. The van der Waals surface area contributed by atoms with Gasteiger partial charge in [0, 0.05) is 21.1 Å². The Morgan fingerprint density at radius 2 is 2.23 bits per heavy atom. The van der Waals surface area contributed by atoms with E-state index in [4.69, 9.17) is 11.6 Å². The second kappa shape index (κ2) is 3.28. The molecule has 0 saturated carbocycles. The van der Waals surface area contributed by atoms with E-state index in [0.29, 0.717) is 0 Å². The Labute approximate surface area is 89.9 Å². The fourth-order valence-electron chi connectivity index (χ4n) is 1.31. The van der Waals surface area contributed by atoms with Crippen molar-refractivity contribution in [1.29, 1.82) is 0 Å². The molecule has 0 unspecified atom stereocenters. The summed E-state index contributed by atoms with van der Waals surface area (Å²) in [5.41, 5.74) is 1.99. The first-order valence-corrected chi connectivity index (χ1v) is 5.06. The van der Waals surface area contributed by atoms with Crippen LogP contribution in [0.1, 0.15) is 5.56 Å². The Kier molecular flexibility index (Phi) is 2.26. The fraction of sp³-hybridized carbons (Fsp3) is 0.100. The topological polar surface area (TPSA) is 12.9 Å². The van der Waals surface area contributed by atoms with E-state index >= 15 is 0 Å². The normalized spacial score (nSPS) is 10.7. The lowest BCUT2D eigenvalue weighted by Crippen LogP contribution is -1.84. The predicted octanol–water partition coefficient (Wildman–Crippen LogP) is 3.96. The van der Waals surface area contributed by atoms with Crippen LogP contribution in [0.2, 0.25) is 5.02 Å². The molecule has 0 aliphatic heterocycles. The molecule has 1 heterocycles. The van der Waals surface area contributed by atoms with E-state index in [1.807, 2.05) is 25.1 Å². The summed E-state index contributed by atoms with van der Waals surface area (Å²) in [6, 6.07) is 5.84. The third-order valence-electron chi connectivity index (χ3n) is 2.03. The van der Waals surface area contributed by atoms with E-state index in [9.17, 15) is 0 Å². The van der Waals surface area contributed by atoms with Crippen molar-refractivity contribution in [2.45, 2.75) is 6.92 Å². The van der Waals surface area contributed by atoms with Crippen LogP contribution in [0.4, 0.5) is 0 Å². The molecule has 0 fully saturated rings. The first kappa shape index (κ1) is 8.97. The maximum atomic E-state index is 6.02. The highest BCUT2D eigenvalue weighted by molar-refractivity contribution is 9.10. The van der Waals surface area contributed by atoms with E-state index in [1.165, 1.54) is 0 Å². The zero-order valence-electron chi connectivity index (χ0n) is 7.01. The zero-order chi connectivity index (χ0) is 9.42. The van der Waals surface area contributed by atoms with Crippen LogP contribution >= 0.6 is 27.5 Å². The van der Waals surface area contributed by atoms with Gasteiger partial charge in [-0.1, -0.05) is 33.6 Å². The Balaban J connectivity index is 2.97. The quantitative estimate of drug-likeness (QED) is 0.695. The molecule has 66 valence electrons. The molecule has 0 aliphatic rings. The standard InChI is InChI=1S/C10H7BrClN/c1-6-9(12)5-8(11)7-3-2-4-13-10(6)7/h2-5H,1H3. The molecule has 0 saturated heterocycles. The number of aromatic nitrogens is 1. The number of hydrogen-bond donors (Lipinski definition) is 0. The number of benzene rings is 1. The van der Waals surface area contributed by atoms with Gasteiger partial charge in [-0.3, -0.25) is 4.98 Å². The van der Waals surface area contributed by atoms with Crippen LogP contribution in [0.25, 0.3) is 10.9 Å². The number of rotatable bonds is 0. The van der Waals surface area contributed by atoms with Gasteiger partial charge in [-0.05, 0) is 24.6 Å². The first-order chi connectivity index (χ1) is 6.20. The van der Waals surface area contributed by atoms with Crippen LogP contribution in [-0.2, 0) is 0 Å².